The molecule has 2 aliphatic rings. The average Bonchev–Trinajstić information content (AvgIpc) is 3.16. The lowest BCUT2D eigenvalue weighted by atomic mass is 9.96. The van der Waals surface area contributed by atoms with E-state index in [4.69, 9.17) is 5.73 Å². The zero-order chi connectivity index (χ0) is 22.7. The Morgan fingerprint density at radius 2 is 1.81 bits per heavy atom. The van der Waals surface area contributed by atoms with Gasteiger partial charge < -0.3 is 16.0 Å². The van der Waals surface area contributed by atoms with E-state index in [1.807, 2.05) is 48.5 Å². The molecule has 1 unspecified atom stereocenters. The molecule has 0 aromatic heterocycles. The Hall–Kier alpha value is -2.71. The molecule has 0 bridgehead atoms. The minimum atomic E-state index is -0.397. The van der Waals surface area contributed by atoms with Gasteiger partial charge in [0.25, 0.3) is 0 Å². The zero-order valence-electron chi connectivity index (χ0n) is 17.8. The van der Waals surface area contributed by atoms with Crippen molar-refractivity contribution in [1.29, 1.82) is 0 Å². The second kappa shape index (κ2) is 9.83. The van der Waals surface area contributed by atoms with Crippen molar-refractivity contribution in [2.24, 2.45) is 17.6 Å². The molecule has 168 valence electrons. The van der Waals surface area contributed by atoms with E-state index in [0.29, 0.717) is 6.54 Å². The van der Waals surface area contributed by atoms with Crippen molar-refractivity contribution in [3.8, 4) is 0 Å². The molecule has 3 amide bonds. The Bertz CT molecular complexity index is 1020. The van der Waals surface area contributed by atoms with Gasteiger partial charge >= 0.3 is 0 Å². The fourth-order valence-electron chi connectivity index (χ4n) is 4.41. The van der Waals surface area contributed by atoms with Crippen molar-refractivity contribution in [2.75, 3.05) is 29.9 Å². The van der Waals surface area contributed by atoms with Crippen molar-refractivity contribution in [1.82, 2.24) is 4.90 Å². The SMILES string of the molecule is NC(=O)C1CCN(Cc2cccc(NC(=O)C3CC(=O)N(c4ccccc4Br)C3)c2)CC1. The van der Waals surface area contributed by atoms with Crippen LogP contribution in [0.3, 0.4) is 0 Å². The minimum Gasteiger partial charge on any atom is -0.369 e. The number of amides is 3. The van der Waals surface area contributed by atoms with Crippen LogP contribution in [0.1, 0.15) is 24.8 Å². The first-order valence-corrected chi connectivity index (χ1v) is 11.7. The van der Waals surface area contributed by atoms with E-state index in [0.717, 1.165) is 53.9 Å². The van der Waals surface area contributed by atoms with Crippen molar-refractivity contribution in [2.45, 2.75) is 25.8 Å². The number of nitrogens with two attached hydrogens (primary N) is 1. The van der Waals surface area contributed by atoms with Crippen LogP contribution in [0.25, 0.3) is 0 Å². The molecule has 4 rings (SSSR count). The van der Waals surface area contributed by atoms with Crippen LogP contribution in [-0.4, -0.2) is 42.3 Å². The Balaban J connectivity index is 1.35. The molecule has 2 heterocycles. The maximum absolute atomic E-state index is 12.9. The third-order valence-electron chi connectivity index (χ3n) is 6.23. The molecule has 2 fully saturated rings. The summed E-state index contributed by atoms with van der Waals surface area (Å²) in [5, 5.41) is 2.98. The summed E-state index contributed by atoms with van der Waals surface area (Å²) in [6.07, 6.45) is 1.77. The minimum absolute atomic E-state index is 0.0259. The van der Waals surface area contributed by atoms with E-state index < -0.39 is 5.92 Å². The zero-order valence-corrected chi connectivity index (χ0v) is 19.4. The van der Waals surface area contributed by atoms with E-state index in [1.165, 1.54) is 0 Å². The number of piperidine rings is 1. The Labute approximate surface area is 196 Å². The van der Waals surface area contributed by atoms with Crippen LogP contribution in [0, 0.1) is 11.8 Å². The average molecular weight is 499 g/mol. The van der Waals surface area contributed by atoms with Crippen LogP contribution in [0.15, 0.2) is 53.0 Å². The highest BCUT2D eigenvalue weighted by Crippen LogP contribution is 2.31. The number of hydrogen-bond acceptors (Lipinski definition) is 4. The van der Waals surface area contributed by atoms with Gasteiger partial charge in [-0.25, -0.2) is 0 Å². The highest BCUT2D eigenvalue weighted by atomic mass is 79.9. The molecule has 2 aliphatic heterocycles. The maximum atomic E-state index is 12.9. The molecule has 1 atom stereocenters. The Morgan fingerprint density at radius 3 is 2.53 bits per heavy atom. The van der Waals surface area contributed by atoms with Gasteiger partial charge in [-0.1, -0.05) is 24.3 Å². The monoisotopic (exact) mass is 498 g/mol. The highest BCUT2D eigenvalue weighted by Gasteiger charge is 2.35. The van der Waals surface area contributed by atoms with Crippen LogP contribution in [-0.2, 0) is 20.9 Å². The number of nitrogens with one attached hydrogen (secondary N) is 1. The van der Waals surface area contributed by atoms with E-state index in [1.54, 1.807) is 4.90 Å². The van der Waals surface area contributed by atoms with Crippen LogP contribution < -0.4 is 16.0 Å². The fraction of sp³-hybridized carbons (Fsp3) is 0.375. The van der Waals surface area contributed by atoms with E-state index in [2.05, 4.69) is 26.1 Å². The lowest BCUT2D eigenvalue weighted by molar-refractivity contribution is -0.123. The number of rotatable bonds is 6. The molecule has 2 aromatic rings. The molecule has 2 aromatic carbocycles. The lowest BCUT2D eigenvalue weighted by Gasteiger charge is -2.30. The van der Waals surface area contributed by atoms with Crippen LogP contribution in [0.4, 0.5) is 11.4 Å². The van der Waals surface area contributed by atoms with Gasteiger partial charge in [0.05, 0.1) is 11.6 Å². The topological polar surface area (TPSA) is 95.7 Å². The van der Waals surface area contributed by atoms with Gasteiger partial charge in [-0.2, -0.15) is 0 Å². The summed E-state index contributed by atoms with van der Waals surface area (Å²) < 4.78 is 0.835. The predicted molar refractivity (Wildman–Crippen MR) is 127 cm³/mol. The first-order valence-electron chi connectivity index (χ1n) is 10.9. The standard InChI is InChI=1S/C24H27BrN4O3/c25-20-6-1-2-7-21(20)29-15-18(13-22(29)30)24(32)27-19-5-3-4-16(12-19)14-28-10-8-17(9-11-28)23(26)31/h1-7,12,17-18H,8-11,13-15H2,(H2,26,31)(H,27,32). The normalized spacial score (nSPS) is 19.8. The quantitative estimate of drug-likeness (QED) is 0.639. The van der Waals surface area contributed by atoms with Gasteiger partial charge in [-0.15, -0.1) is 0 Å². The van der Waals surface area contributed by atoms with Gasteiger partial charge in [0.1, 0.15) is 0 Å². The number of likely N-dealkylation sites (tertiary alicyclic amines) is 1. The van der Waals surface area contributed by atoms with Crippen LogP contribution in [0.2, 0.25) is 0 Å². The van der Waals surface area contributed by atoms with Crippen molar-refractivity contribution >= 4 is 45.0 Å². The number of anilines is 2. The summed E-state index contributed by atoms with van der Waals surface area (Å²) >= 11 is 3.48. The summed E-state index contributed by atoms with van der Waals surface area (Å²) in [6.45, 7) is 2.78. The van der Waals surface area contributed by atoms with Gasteiger partial charge in [0, 0.05) is 35.6 Å². The fourth-order valence-corrected chi connectivity index (χ4v) is 4.91. The van der Waals surface area contributed by atoms with Gasteiger partial charge in [-0.05, 0) is 71.7 Å². The van der Waals surface area contributed by atoms with Crippen molar-refractivity contribution in [3.05, 3.63) is 58.6 Å². The van der Waals surface area contributed by atoms with Crippen molar-refractivity contribution in [3.63, 3.8) is 0 Å². The Kier molecular flexibility index (Phi) is 6.91. The number of halogens is 1. The molecule has 3 N–H and O–H groups in total. The number of carbonyl (C=O) groups is 3. The summed E-state index contributed by atoms with van der Waals surface area (Å²) in [4.78, 5) is 40.7. The number of primary amides is 1. The van der Waals surface area contributed by atoms with Crippen LogP contribution in [0.5, 0.6) is 0 Å². The largest absolute Gasteiger partial charge is 0.369 e. The summed E-state index contributed by atoms with van der Waals surface area (Å²) in [5.74, 6) is -0.830. The van der Waals surface area contributed by atoms with Gasteiger partial charge in [0.15, 0.2) is 0 Å². The molecular weight excluding hydrogens is 472 g/mol. The molecule has 8 heteroatoms. The first kappa shape index (κ1) is 22.5. The third-order valence-corrected chi connectivity index (χ3v) is 6.90. The first-order chi connectivity index (χ1) is 15.4. The predicted octanol–water partition coefficient (Wildman–Crippen LogP) is 3.14. The second-order valence-electron chi connectivity index (χ2n) is 8.50. The van der Waals surface area contributed by atoms with E-state index >= 15 is 0 Å². The molecule has 0 radical (unpaired) electrons. The molecule has 0 aliphatic carbocycles. The molecule has 32 heavy (non-hydrogen) atoms. The smallest absolute Gasteiger partial charge is 0.229 e. The number of para-hydroxylation sites is 1. The summed E-state index contributed by atoms with van der Waals surface area (Å²) in [5.41, 5.74) is 8.03. The van der Waals surface area contributed by atoms with E-state index in [9.17, 15) is 14.4 Å². The number of carbonyl (C=O) groups excluding carboxylic acids is 3. The molecule has 2 saturated heterocycles. The lowest BCUT2D eigenvalue weighted by Crippen LogP contribution is -2.38. The van der Waals surface area contributed by atoms with Gasteiger partial charge in [0.2, 0.25) is 17.7 Å². The van der Waals surface area contributed by atoms with Crippen molar-refractivity contribution < 1.29 is 14.4 Å². The van der Waals surface area contributed by atoms with Gasteiger partial charge in [-0.3, -0.25) is 19.3 Å². The molecular formula is C24H27BrN4O3. The maximum Gasteiger partial charge on any atom is 0.229 e. The second-order valence-corrected chi connectivity index (χ2v) is 9.35. The number of benzene rings is 2. The number of hydrogen-bond donors (Lipinski definition) is 2. The Morgan fingerprint density at radius 1 is 1.06 bits per heavy atom. The highest BCUT2D eigenvalue weighted by molar-refractivity contribution is 9.10. The third kappa shape index (κ3) is 5.19. The summed E-state index contributed by atoms with van der Waals surface area (Å²) in [7, 11) is 0. The molecule has 0 saturated carbocycles. The number of nitrogens with zero attached hydrogens (tertiary/aromatic N) is 2. The molecule has 0 spiro atoms. The molecule has 7 nitrogen and oxygen atoms in total. The van der Waals surface area contributed by atoms with E-state index in [-0.39, 0.29) is 30.1 Å². The van der Waals surface area contributed by atoms with Crippen LogP contribution >= 0.6 is 15.9 Å². The summed E-state index contributed by atoms with van der Waals surface area (Å²) in [6, 6.07) is 15.3.